The number of nitrogens with two attached hydrogens (primary N) is 1. The van der Waals surface area contributed by atoms with Gasteiger partial charge in [0.1, 0.15) is 0 Å². The van der Waals surface area contributed by atoms with E-state index in [4.69, 9.17) is 5.73 Å². The van der Waals surface area contributed by atoms with Crippen molar-refractivity contribution in [3.05, 3.63) is 52.6 Å². The van der Waals surface area contributed by atoms with Crippen molar-refractivity contribution >= 4 is 17.4 Å². The van der Waals surface area contributed by atoms with Crippen molar-refractivity contribution in [3.63, 3.8) is 0 Å². The Labute approximate surface area is 152 Å². The van der Waals surface area contributed by atoms with E-state index in [2.05, 4.69) is 33.4 Å². The minimum Gasteiger partial charge on any atom is -0.326 e. The number of rotatable bonds is 6. The maximum atomic E-state index is 12.3. The van der Waals surface area contributed by atoms with Gasteiger partial charge < -0.3 is 11.1 Å². The summed E-state index contributed by atoms with van der Waals surface area (Å²) in [7, 11) is 0. The Kier molecular flexibility index (Phi) is 5.27. The normalized spacial score (nSPS) is 11.1. The van der Waals surface area contributed by atoms with Gasteiger partial charge in [-0.2, -0.15) is 4.98 Å². The molecule has 0 atom stereocenters. The predicted molar refractivity (Wildman–Crippen MR) is 101 cm³/mol. The number of nitrogens with zero attached hydrogens (tertiary/aromatic N) is 4. The van der Waals surface area contributed by atoms with Crippen LogP contribution in [0.2, 0.25) is 0 Å². The molecule has 136 valence electrons. The van der Waals surface area contributed by atoms with Crippen molar-refractivity contribution in [3.8, 4) is 0 Å². The molecule has 2 heterocycles. The third-order valence-electron chi connectivity index (χ3n) is 4.50. The number of amides is 1. The van der Waals surface area contributed by atoms with Crippen molar-refractivity contribution < 1.29 is 4.79 Å². The summed E-state index contributed by atoms with van der Waals surface area (Å²) in [5.41, 5.74) is 10.5. The van der Waals surface area contributed by atoms with Gasteiger partial charge in [0.2, 0.25) is 5.91 Å². The van der Waals surface area contributed by atoms with Gasteiger partial charge in [0.25, 0.3) is 5.78 Å². The van der Waals surface area contributed by atoms with E-state index in [1.165, 1.54) is 5.56 Å². The van der Waals surface area contributed by atoms with Crippen LogP contribution in [0, 0.1) is 13.8 Å². The first kappa shape index (κ1) is 18.0. The lowest BCUT2D eigenvalue weighted by atomic mass is 10.1. The third-order valence-corrected chi connectivity index (χ3v) is 4.50. The highest BCUT2D eigenvalue weighted by Crippen LogP contribution is 2.17. The average Bonchev–Trinajstić information content (AvgIpc) is 3.05. The predicted octanol–water partition coefficient (Wildman–Crippen LogP) is 2.33. The molecule has 0 aliphatic heterocycles. The van der Waals surface area contributed by atoms with E-state index >= 15 is 0 Å². The number of hydrogen-bond acceptors (Lipinski definition) is 5. The van der Waals surface area contributed by atoms with Crippen LogP contribution in [0.4, 0.5) is 5.69 Å². The fraction of sp³-hybridized carbons (Fsp3) is 0.368. The molecule has 7 nitrogen and oxygen atoms in total. The average molecular weight is 352 g/mol. The molecular weight excluding hydrogens is 328 g/mol. The highest BCUT2D eigenvalue weighted by molar-refractivity contribution is 5.90. The minimum absolute atomic E-state index is 0.0154. The minimum atomic E-state index is -0.0154. The smallest absolute Gasteiger partial charge is 0.252 e. The molecule has 0 fully saturated rings. The van der Waals surface area contributed by atoms with Crippen LogP contribution in [0.25, 0.3) is 5.78 Å². The van der Waals surface area contributed by atoms with Crippen LogP contribution in [-0.2, 0) is 24.2 Å². The van der Waals surface area contributed by atoms with Gasteiger partial charge in [0.15, 0.2) is 5.82 Å². The Morgan fingerprint density at radius 1 is 1.27 bits per heavy atom. The molecule has 0 aliphatic rings. The largest absolute Gasteiger partial charge is 0.326 e. The second kappa shape index (κ2) is 7.61. The van der Waals surface area contributed by atoms with E-state index in [1.54, 1.807) is 4.52 Å². The van der Waals surface area contributed by atoms with Gasteiger partial charge in [0, 0.05) is 23.5 Å². The van der Waals surface area contributed by atoms with E-state index in [1.807, 2.05) is 32.0 Å². The first-order valence-corrected chi connectivity index (χ1v) is 8.82. The van der Waals surface area contributed by atoms with E-state index < -0.39 is 0 Å². The van der Waals surface area contributed by atoms with Gasteiger partial charge in [-0.3, -0.25) is 4.79 Å². The maximum absolute atomic E-state index is 12.3. The summed E-state index contributed by atoms with van der Waals surface area (Å²) in [5.74, 6) is 1.09. The summed E-state index contributed by atoms with van der Waals surface area (Å²) >= 11 is 0. The van der Waals surface area contributed by atoms with Crippen LogP contribution in [0.1, 0.15) is 41.7 Å². The summed E-state index contributed by atoms with van der Waals surface area (Å²) < 4.78 is 1.70. The molecule has 0 aliphatic carbocycles. The summed E-state index contributed by atoms with van der Waals surface area (Å²) in [6.45, 7) is 6.27. The second-order valence-corrected chi connectivity index (χ2v) is 6.31. The molecule has 0 spiro atoms. The molecule has 1 amide bonds. The van der Waals surface area contributed by atoms with Crippen LogP contribution in [0.3, 0.4) is 0 Å². The third kappa shape index (κ3) is 3.72. The van der Waals surface area contributed by atoms with Crippen molar-refractivity contribution in [2.75, 3.05) is 5.32 Å². The Balaban J connectivity index is 1.73. The fourth-order valence-electron chi connectivity index (χ4n) is 3.03. The van der Waals surface area contributed by atoms with E-state index in [0.29, 0.717) is 24.4 Å². The zero-order chi connectivity index (χ0) is 18.7. The molecule has 3 N–H and O–H groups in total. The molecule has 7 heteroatoms. The lowest BCUT2D eigenvalue weighted by Gasteiger charge is -2.11. The zero-order valence-electron chi connectivity index (χ0n) is 15.4. The van der Waals surface area contributed by atoms with Gasteiger partial charge in [0.05, 0.1) is 6.54 Å². The molecule has 0 saturated carbocycles. The van der Waals surface area contributed by atoms with E-state index in [9.17, 15) is 4.79 Å². The topological polar surface area (TPSA) is 98.2 Å². The Hall–Kier alpha value is -2.80. The van der Waals surface area contributed by atoms with Gasteiger partial charge in [-0.25, -0.2) is 9.50 Å². The maximum Gasteiger partial charge on any atom is 0.252 e. The Morgan fingerprint density at radius 3 is 2.81 bits per heavy atom. The quantitative estimate of drug-likeness (QED) is 0.709. The Bertz CT molecular complexity index is 947. The van der Waals surface area contributed by atoms with Gasteiger partial charge >= 0.3 is 0 Å². The van der Waals surface area contributed by atoms with Crippen LogP contribution < -0.4 is 11.1 Å². The first-order valence-electron chi connectivity index (χ1n) is 8.82. The molecule has 0 radical (unpaired) electrons. The van der Waals surface area contributed by atoms with Gasteiger partial charge in [-0.15, -0.1) is 5.10 Å². The fourth-order valence-corrected chi connectivity index (χ4v) is 3.03. The summed E-state index contributed by atoms with van der Waals surface area (Å²) in [4.78, 5) is 21.1. The summed E-state index contributed by atoms with van der Waals surface area (Å²) in [6.07, 6.45) is 1.91. The van der Waals surface area contributed by atoms with Crippen LogP contribution in [0.15, 0.2) is 24.3 Å². The highest BCUT2D eigenvalue weighted by Gasteiger charge is 2.14. The molecule has 0 bridgehead atoms. The van der Waals surface area contributed by atoms with Crippen molar-refractivity contribution in [2.24, 2.45) is 5.73 Å². The van der Waals surface area contributed by atoms with E-state index in [-0.39, 0.29) is 12.5 Å². The lowest BCUT2D eigenvalue weighted by Crippen LogP contribution is -2.14. The molecular formula is C19H24N6O. The number of benzene rings is 1. The van der Waals surface area contributed by atoms with E-state index in [0.717, 1.165) is 29.1 Å². The molecule has 3 rings (SSSR count). The molecule has 0 unspecified atom stereocenters. The number of nitrogens with one attached hydrogen (secondary N) is 1. The number of hydrogen-bond donors (Lipinski definition) is 2. The summed E-state index contributed by atoms with van der Waals surface area (Å²) in [5, 5.41) is 7.33. The number of aromatic nitrogens is 4. The van der Waals surface area contributed by atoms with Crippen LogP contribution >= 0.6 is 0 Å². The molecule has 1 aromatic carbocycles. The number of carbonyl (C=O) groups is 1. The number of fused-ring (bicyclic) bond motifs is 1. The van der Waals surface area contributed by atoms with Crippen molar-refractivity contribution in [2.45, 2.75) is 46.6 Å². The molecule has 3 aromatic rings. The zero-order valence-corrected chi connectivity index (χ0v) is 15.4. The molecule has 26 heavy (non-hydrogen) atoms. The van der Waals surface area contributed by atoms with Crippen molar-refractivity contribution in [1.82, 2.24) is 19.6 Å². The standard InChI is InChI=1S/C19H24N6O/c1-4-14-6-5-7-15(10-14)22-18(26)9-8-16-12(2)21-19-23-17(11-20)24-25(19)13(16)3/h5-7,10H,4,8-9,11,20H2,1-3H3,(H,22,26). The number of aryl methyl sites for hydroxylation is 3. The monoisotopic (exact) mass is 352 g/mol. The second-order valence-electron chi connectivity index (χ2n) is 6.31. The molecule has 2 aromatic heterocycles. The Morgan fingerprint density at radius 2 is 2.08 bits per heavy atom. The van der Waals surface area contributed by atoms with Crippen LogP contribution in [-0.4, -0.2) is 25.5 Å². The van der Waals surface area contributed by atoms with Crippen LogP contribution in [0.5, 0.6) is 0 Å². The SMILES string of the molecule is CCc1cccc(NC(=O)CCc2c(C)nc3nc(CN)nn3c2C)c1. The first-order chi connectivity index (χ1) is 12.5. The summed E-state index contributed by atoms with van der Waals surface area (Å²) in [6, 6.07) is 7.92. The van der Waals surface area contributed by atoms with Crippen molar-refractivity contribution in [1.29, 1.82) is 0 Å². The molecule has 0 saturated heterocycles. The highest BCUT2D eigenvalue weighted by atomic mass is 16.1. The van der Waals surface area contributed by atoms with Gasteiger partial charge in [-0.05, 0) is 49.9 Å². The number of carbonyl (C=O) groups excluding carboxylic acids is 1. The lowest BCUT2D eigenvalue weighted by molar-refractivity contribution is -0.116. The van der Waals surface area contributed by atoms with Gasteiger partial charge in [-0.1, -0.05) is 19.1 Å². The number of anilines is 1.